The molecule has 0 radical (unpaired) electrons. The summed E-state index contributed by atoms with van der Waals surface area (Å²) >= 11 is 0. The van der Waals surface area contributed by atoms with E-state index in [1.807, 2.05) is 6.92 Å². The molecule has 16 heavy (non-hydrogen) atoms. The largest absolute Gasteiger partial charge is 0.490 e. The van der Waals surface area contributed by atoms with Crippen molar-refractivity contribution in [3.05, 3.63) is 40.0 Å². The van der Waals surface area contributed by atoms with Crippen molar-refractivity contribution < 1.29 is 9.66 Å². The number of benzene rings is 1. The fourth-order valence-electron chi connectivity index (χ4n) is 1.22. The molecule has 1 aromatic carbocycles. The molecule has 1 rings (SSSR count). The molecule has 1 aromatic rings. The lowest BCUT2D eigenvalue weighted by atomic mass is 10.1. The van der Waals surface area contributed by atoms with Crippen LogP contribution >= 0.6 is 0 Å². The Labute approximate surface area is 93.7 Å². The molecule has 0 aliphatic carbocycles. The number of methoxy groups -OCH3 is 1. The van der Waals surface area contributed by atoms with Crippen molar-refractivity contribution in [3.8, 4) is 5.75 Å². The van der Waals surface area contributed by atoms with Gasteiger partial charge in [0.2, 0.25) is 0 Å². The molecule has 5 nitrogen and oxygen atoms in total. The smallest absolute Gasteiger partial charge is 0.311 e. The summed E-state index contributed by atoms with van der Waals surface area (Å²) in [7, 11) is 1.40. The minimum absolute atomic E-state index is 0.0469. The van der Waals surface area contributed by atoms with E-state index in [1.54, 1.807) is 24.3 Å². The average Bonchev–Trinajstić information content (AvgIpc) is 2.25. The fourth-order valence-corrected chi connectivity index (χ4v) is 1.22. The van der Waals surface area contributed by atoms with Gasteiger partial charge in [0.25, 0.3) is 0 Å². The lowest BCUT2D eigenvalue weighted by Crippen LogP contribution is -2.09. The summed E-state index contributed by atoms with van der Waals surface area (Å²) in [5.41, 5.74) is 6.23. The van der Waals surface area contributed by atoms with E-state index in [4.69, 9.17) is 10.5 Å². The predicted octanol–water partition coefficient (Wildman–Crippen LogP) is 1.96. The van der Waals surface area contributed by atoms with Crippen molar-refractivity contribution in [2.75, 3.05) is 7.11 Å². The number of nitrogens with two attached hydrogens (primary N) is 1. The molecule has 0 aromatic heterocycles. The quantitative estimate of drug-likeness (QED) is 0.624. The van der Waals surface area contributed by atoms with Gasteiger partial charge in [-0.25, -0.2) is 0 Å². The molecule has 0 saturated heterocycles. The van der Waals surface area contributed by atoms with Crippen LogP contribution in [0.25, 0.3) is 6.08 Å². The molecule has 0 fully saturated rings. The van der Waals surface area contributed by atoms with Gasteiger partial charge < -0.3 is 10.5 Å². The summed E-state index contributed by atoms with van der Waals surface area (Å²) in [6, 6.07) is 4.68. The first-order valence-corrected chi connectivity index (χ1v) is 4.81. The monoisotopic (exact) mass is 222 g/mol. The van der Waals surface area contributed by atoms with Crippen LogP contribution in [0.1, 0.15) is 12.5 Å². The van der Waals surface area contributed by atoms with Gasteiger partial charge in [-0.2, -0.15) is 0 Å². The maximum atomic E-state index is 10.7. The summed E-state index contributed by atoms with van der Waals surface area (Å²) in [6.45, 7) is 1.83. The molecule has 0 heterocycles. The Bertz CT molecular complexity index is 414. The number of hydrogen-bond donors (Lipinski definition) is 1. The molecule has 1 atom stereocenters. The summed E-state index contributed by atoms with van der Waals surface area (Å²) in [5.74, 6) is 0.253. The van der Waals surface area contributed by atoms with Crippen LogP contribution in [-0.4, -0.2) is 18.1 Å². The van der Waals surface area contributed by atoms with E-state index >= 15 is 0 Å². The Kier molecular flexibility index (Phi) is 4.02. The fraction of sp³-hybridized carbons (Fsp3) is 0.273. The highest BCUT2D eigenvalue weighted by Gasteiger charge is 2.13. The van der Waals surface area contributed by atoms with Crippen LogP contribution < -0.4 is 10.5 Å². The molecule has 86 valence electrons. The van der Waals surface area contributed by atoms with Gasteiger partial charge in [-0.05, 0) is 18.6 Å². The number of ether oxygens (including phenoxy) is 1. The van der Waals surface area contributed by atoms with Gasteiger partial charge in [0.05, 0.1) is 12.0 Å². The molecular formula is C11H14N2O3. The van der Waals surface area contributed by atoms with Crippen molar-refractivity contribution in [3.63, 3.8) is 0 Å². The van der Waals surface area contributed by atoms with E-state index in [0.717, 1.165) is 5.56 Å². The molecule has 2 N–H and O–H groups in total. The first kappa shape index (κ1) is 12.2. The van der Waals surface area contributed by atoms with E-state index in [0.29, 0.717) is 0 Å². The Hall–Kier alpha value is -1.88. The van der Waals surface area contributed by atoms with Crippen molar-refractivity contribution in [1.29, 1.82) is 0 Å². The number of nitro benzene ring substituents is 1. The van der Waals surface area contributed by atoms with Gasteiger partial charge in [-0.3, -0.25) is 10.1 Å². The van der Waals surface area contributed by atoms with Crippen molar-refractivity contribution in [2.24, 2.45) is 5.73 Å². The van der Waals surface area contributed by atoms with Crippen molar-refractivity contribution >= 4 is 11.8 Å². The summed E-state index contributed by atoms with van der Waals surface area (Å²) in [5, 5.41) is 10.7. The van der Waals surface area contributed by atoms with Gasteiger partial charge in [0.15, 0.2) is 5.75 Å². The Morgan fingerprint density at radius 1 is 1.56 bits per heavy atom. The minimum Gasteiger partial charge on any atom is -0.490 e. The zero-order valence-electron chi connectivity index (χ0n) is 9.21. The van der Waals surface area contributed by atoms with Gasteiger partial charge in [0.1, 0.15) is 0 Å². The SMILES string of the molecule is COc1ccc(/C=C/C(C)N)cc1[N+](=O)[O-]. The van der Waals surface area contributed by atoms with Crippen molar-refractivity contribution in [2.45, 2.75) is 13.0 Å². The third kappa shape index (κ3) is 3.06. The van der Waals surface area contributed by atoms with Gasteiger partial charge in [-0.1, -0.05) is 18.2 Å². The minimum atomic E-state index is -0.470. The van der Waals surface area contributed by atoms with E-state index in [2.05, 4.69) is 0 Å². The molecule has 0 bridgehead atoms. The Morgan fingerprint density at radius 3 is 2.75 bits per heavy atom. The third-order valence-corrected chi connectivity index (χ3v) is 1.99. The molecule has 0 spiro atoms. The maximum absolute atomic E-state index is 10.7. The highest BCUT2D eigenvalue weighted by atomic mass is 16.6. The van der Waals surface area contributed by atoms with Crippen LogP contribution in [0.4, 0.5) is 5.69 Å². The predicted molar refractivity (Wildman–Crippen MR) is 62.3 cm³/mol. The standard InChI is InChI=1S/C11H14N2O3/c1-8(12)3-4-9-5-6-11(16-2)10(7-9)13(14)15/h3-8H,12H2,1-2H3/b4-3+. The van der Waals surface area contributed by atoms with E-state index in [1.165, 1.54) is 13.2 Å². The molecule has 1 unspecified atom stereocenters. The van der Waals surface area contributed by atoms with Gasteiger partial charge in [0, 0.05) is 12.1 Å². The van der Waals surface area contributed by atoms with Crippen LogP contribution in [0.5, 0.6) is 5.75 Å². The zero-order valence-corrected chi connectivity index (χ0v) is 9.21. The first-order valence-electron chi connectivity index (χ1n) is 4.81. The van der Waals surface area contributed by atoms with Crippen LogP contribution in [-0.2, 0) is 0 Å². The number of nitrogens with zero attached hydrogens (tertiary/aromatic N) is 1. The van der Waals surface area contributed by atoms with Gasteiger partial charge >= 0.3 is 5.69 Å². The van der Waals surface area contributed by atoms with Crippen LogP contribution in [0.3, 0.4) is 0 Å². The summed E-state index contributed by atoms with van der Waals surface area (Å²) in [6.07, 6.45) is 3.52. The number of hydrogen-bond acceptors (Lipinski definition) is 4. The molecule has 5 heteroatoms. The van der Waals surface area contributed by atoms with E-state index in [9.17, 15) is 10.1 Å². The number of nitro groups is 1. The van der Waals surface area contributed by atoms with E-state index < -0.39 is 4.92 Å². The molecule has 0 amide bonds. The Balaban J connectivity index is 3.07. The van der Waals surface area contributed by atoms with Crippen molar-refractivity contribution in [1.82, 2.24) is 0 Å². The molecular weight excluding hydrogens is 208 g/mol. The second kappa shape index (κ2) is 5.27. The lowest BCUT2D eigenvalue weighted by Gasteiger charge is -2.02. The average molecular weight is 222 g/mol. The molecule has 0 aliphatic rings. The van der Waals surface area contributed by atoms with Gasteiger partial charge in [-0.15, -0.1) is 0 Å². The highest BCUT2D eigenvalue weighted by molar-refractivity contribution is 5.59. The molecule has 0 saturated carbocycles. The normalized spacial score (nSPS) is 12.7. The number of rotatable bonds is 4. The molecule has 0 aliphatic heterocycles. The second-order valence-corrected chi connectivity index (χ2v) is 3.41. The zero-order chi connectivity index (χ0) is 12.1. The summed E-state index contributed by atoms with van der Waals surface area (Å²) in [4.78, 5) is 10.3. The maximum Gasteiger partial charge on any atom is 0.311 e. The van der Waals surface area contributed by atoms with Crippen LogP contribution in [0.15, 0.2) is 24.3 Å². The van der Waals surface area contributed by atoms with Crippen LogP contribution in [0, 0.1) is 10.1 Å². The lowest BCUT2D eigenvalue weighted by molar-refractivity contribution is -0.385. The third-order valence-electron chi connectivity index (χ3n) is 1.99. The van der Waals surface area contributed by atoms with E-state index in [-0.39, 0.29) is 17.5 Å². The Morgan fingerprint density at radius 2 is 2.25 bits per heavy atom. The first-order chi connectivity index (χ1) is 7.54. The second-order valence-electron chi connectivity index (χ2n) is 3.41. The van der Waals surface area contributed by atoms with Crippen LogP contribution in [0.2, 0.25) is 0 Å². The summed E-state index contributed by atoms with van der Waals surface area (Å²) < 4.78 is 4.90. The topological polar surface area (TPSA) is 78.4 Å². The highest BCUT2D eigenvalue weighted by Crippen LogP contribution is 2.27.